The van der Waals surface area contributed by atoms with Crippen LogP contribution in [-0.2, 0) is 9.53 Å². The number of hydrogen-bond donors (Lipinski definition) is 2. The molecule has 7 heteroatoms. The van der Waals surface area contributed by atoms with Gasteiger partial charge in [0.05, 0.1) is 17.2 Å². The van der Waals surface area contributed by atoms with Gasteiger partial charge in [0.1, 0.15) is 0 Å². The van der Waals surface area contributed by atoms with Gasteiger partial charge in [-0.2, -0.15) is 0 Å². The van der Waals surface area contributed by atoms with Crippen LogP contribution in [0.2, 0.25) is 10.0 Å². The number of fused-ring (bicyclic) bond motifs is 1. The first kappa shape index (κ1) is 24.7. The van der Waals surface area contributed by atoms with Crippen LogP contribution in [0.1, 0.15) is 53.2 Å². The lowest BCUT2D eigenvalue weighted by atomic mass is 9.77. The Labute approximate surface area is 200 Å². The molecule has 0 atom stereocenters. The van der Waals surface area contributed by atoms with Crippen molar-refractivity contribution in [1.29, 1.82) is 0 Å². The van der Waals surface area contributed by atoms with Crippen molar-refractivity contribution in [1.82, 2.24) is 15.2 Å². The lowest BCUT2D eigenvalue weighted by Crippen LogP contribution is -2.62. The van der Waals surface area contributed by atoms with Crippen LogP contribution >= 0.6 is 23.2 Å². The van der Waals surface area contributed by atoms with Gasteiger partial charge in [0.25, 0.3) is 5.91 Å². The van der Waals surface area contributed by atoms with Gasteiger partial charge < -0.3 is 15.0 Å². The number of hydrogen-bond acceptors (Lipinski definition) is 3. The number of carbonyl (C=O) groups is 1. The number of H-pyrrole nitrogens is 1. The van der Waals surface area contributed by atoms with Crippen molar-refractivity contribution in [3.05, 3.63) is 51.3 Å². The summed E-state index contributed by atoms with van der Waals surface area (Å²) in [6.07, 6.45) is 5.47. The van der Waals surface area contributed by atoms with Crippen LogP contribution in [0, 0.1) is 0 Å². The van der Waals surface area contributed by atoms with E-state index in [4.69, 9.17) is 27.9 Å². The number of carbonyl (C=O) groups excluding carboxylic acids is 1. The maximum Gasteiger partial charge on any atom is 0.286 e. The first-order chi connectivity index (χ1) is 14.8. The maximum absolute atomic E-state index is 13.0. The van der Waals surface area contributed by atoms with Gasteiger partial charge in [-0.1, -0.05) is 23.2 Å². The topological polar surface area (TPSA) is 57.4 Å². The number of likely N-dealkylation sites (tertiary alicyclic amines) is 1. The molecule has 0 radical (unpaired) electrons. The van der Waals surface area contributed by atoms with Gasteiger partial charge in [0, 0.05) is 33.7 Å². The number of halogens is 2. The summed E-state index contributed by atoms with van der Waals surface area (Å²) in [6, 6.07) is 5.70. The lowest BCUT2D eigenvalue weighted by Gasteiger charge is -2.53. The molecule has 0 bridgehead atoms. The highest BCUT2D eigenvalue weighted by molar-refractivity contribution is 6.42. The second-order valence-electron chi connectivity index (χ2n) is 9.94. The lowest BCUT2D eigenvalue weighted by molar-refractivity contribution is -0.122. The van der Waals surface area contributed by atoms with Gasteiger partial charge in [0.15, 0.2) is 5.76 Å². The summed E-state index contributed by atoms with van der Waals surface area (Å²) in [5, 5.41) is 5.18. The fourth-order valence-corrected chi connectivity index (χ4v) is 5.00. The minimum atomic E-state index is -0.198. The van der Waals surface area contributed by atoms with E-state index in [2.05, 4.69) is 49.9 Å². The van der Waals surface area contributed by atoms with Crippen molar-refractivity contribution < 1.29 is 9.53 Å². The molecule has 1 aliphatic rings. The Kier molecular flexibility index (Phi) is 7.04. The van der Waals surface area contributed by atoms with E-state index in [9.17, 15) is 4.79 Å². The standard InChI is InChI=1S/C25H33Cl2N3O2/c1-15(8-17-10-16-11-19(26)20(27)12-21(16)28-17)9-22(32-7)23(31)29-18-13-24(2,3)30(6)25(4,5)14-18/h8-12,18,28H,13-14H2,1-7H3,(H,29,31). The minimum absolute atomic E-state index is 0.00607. The smallest absolute Gasteiger partial charge is 0.286 e. The highest BCUT2D eigenvalue weighted by Crippen LogP contribution is 2.37. The molecule has 1 aromatic carbocycles. The van der Waals surface area contributed by atoms with E-state index >= 15 is 0 Å². The molecule has 1 fully saturated rings. The highest BCUT2D eigenvalue weighted by Gasteiger charge is 2.43. The predicted octanol–water partition coefficient (Wildman–Crippen LogP) is 6.18. The minimum Gasteiger partial charge on any atom is -0.491 e. The second-order valence-corrected chi connectivity index (χ2v) is 10.8. The van der Waals surface area contributed by atoms with Gasteiger partial charge in [-0.25, -0.2) is 0 Å². The Morgan fingerprint density at radius 2 is 1.75 bits per heavy atom. The fourth-order valence-electron chi connectivity index (χ4n) is 4.67. The summed E-state index contributed by atoms with van der Waals surface area (Å²) in [7, 11) is 3.67. The summed E-state index contributed by atoms with van der Waals surface area (Å²) >= 11 is 12.2. The van der Waals surface area contributed by atoms with E-state index in [0.29, 0.717) is 10.0 Å². The summed E-state index contributed by atoms with van der Waals surface area (Å²) in [6.45, 7) is 10.8. The number of aromatic amines is 1. The molecule has 2 aromatic rings. The molecule has 1 aliphatic heterocycles. The molecule has 174 valence electrons. The molecule has 0 aliphatic carbocycles. The van der Waals surface area contributed by atoms with E-state index in [-0.39, 0.29) is 28.8 Å². The van der Waals surface area contributed by atoms with Crippen molar-refractivity contribution in [3.8, 4) is 0 Å². The first-order valence-electron chi connectivity index (χ1n) is 10.8. The second kappa shape index (κ2) is 9.12. The zero-order valence-corrected chi connectivity index (χ0v) is 21.4. The summed E-state index contributed by atoms with van der Waals surface area (Å²) in [5.41, 5.74) is 2.66. The molecule has 0 saturated carbocycles. The van der Waals surface area contributed by atoms with Gasteiger partial charge in [-0.05, 0) is 90.4 Å². The number of piperidine rings is 1. The molecule has 1 aromatic heterocycles. The third-order valence-corrected chi connectivity index (χ3v) is 7.23. The number of rotatable bonds is 5. The van der Waals surface area contributed by atoms with E-state index in [1.54, 1.807) is 12.1 Å². The number of nitrogens with zero attached hydrogens (tertiary/aromatic N) is 1. The van der Waals surface area contributed by atoms with Crippen LogP contribution in [-0.4, -0.2) is 47.1 Å². The molecule has 1 saturated heterocycles. The number of allylic oxidation sites excluding steroid dienone is 2. The average molecular weight is 478 g/mol. The molecular formula is C25H33Cl2N3O2. The largest absolute Gasteiger partial charge is 0.491 e. The van der Waals surface area contributed by atoms with Crippen LogP contribution in [0.3, 0.4) is 0 Å². The molecule has 5 nitrogen and oxygen atoms in total. The van der Waals surface area contributed by atoms with Gasteiger partial charge in [-0.15, -0.1) is 0 Å². The monoisotopic (exact) mass is 477 g/mol. The maximum atomic E-state index is 13.0. The third-order valence-electron chi connectivity index (χ3n) is 6.51. The van der Waals surface area contributed by atoms with E-state index in [1.165, 1.54) is 7.11 Å². The van der Waals surface area contributed by atoms with Crippen molar-refractivity contribution in [2.45, 2.75) is 64.6 Å². The number of amides is 1. The molecule has 2 heterocycles. The zero-order chi connectivity index (χ0) is 23.8. The van der Waals surface area contributed by atoms with E-state index in [0.717, 1.165) is 35.0 Å². The summed E-state index contributed by atoms with van der Waals surface area (Å²) < 4.78 is 5.43. The normalized spacial score (nSPS) is 19.9. The van der Waals surface area contributed by atoms with Crippen molar-refractivity contribution in [3.63, 3.8) is 0 Å². The average Bonchev–Trinajstić information content (AvgIpc) is 3.04. The Bertz CT molecular complexity index is 1030. The predicted molar refractivity (Wildman–Crippen MR) is 134 cm³/mol. The molecule has 2 N–H and O–H groups in total. The fraction of sp³-hybridized carbons (Fsp3) is 0.480. The molecule has 0 unspecified atom stereocenters. The van der Waals surface area contributed by atoms with Gasteiger partial charge in [-0.3, -0.25) is 9.69 Å². The summed E-state index contributed by atoms with van der Waals surface area (Å²) in [4.78, 5) is 18.7. The highest BCUT2D eigenvalue weighted by atomic mass is 35.5. The number of methoxy groups -OCH3 is 1. The third kappa shape index (κ3) is 5.33. The van der Waals surface area contributed by atoms with Crippen LogP contribution in [0.4, 0.5) is 0 Å². The van der Waals surface area contributed by atoms with Gasteiger partial charge >= 0.3 is 0 Å². The van der Waals surface area contributed by atoms with Gasteiger partial charge in [0.2, 0.25) is 0 Å². The first-order valence-corrected chi connectivity index (χ1v) is 11.5. The number of benzene rings is 1. The van der Waals surface area contributed by atoms with Crippen molar-refractivity contribution in [2.24, 2.45) is 0 Å². The van der Waals surface area contributed by atoms with E-state index < -0.39 is 0 Å². The van der Waals surface area contributed by atoms with Crippen LogP contribution < -0.4 is 5.32 Å². The quantitative estimate of drug-likeness (QED) is 0.307. The zero-order valence-electron chi connectivity index (χ0n) is 19.9. The van der Waals surface area contributed by atoms with Crippen molar-refractivity contribution in [2.75, 3.05) is 14.2 Å². The van der Waals surface area contributed by atoms with E-state index in [1.807, 2.05) is 25.1 Å². The molecule has 3 rings (SSSR count). The number of ether oxygens (including phenoxy) is 1. The molecule has 32 heavy (non-hydrogen) atoms. The number of nitrogens with one attached hydrogen (secondary N) is 2. The molecular weight excluding hydrogens is 445 g/mol. The SMILES string of the molecule is COC(=CC(C)=Cc1cc2cc(Cl)c(Cl)cc2[nH]1)C(=O)NC1CC(C)(C)N(C)C(C)(C)C1. The Morgan fingerprint density at radius 1 is 1.16 bits per heavy atom. The Hall–Kier alpha value is -1.95. The van der Waals surface area contributed by atoms with Crippen LogP contribution in [0.15, 0.2) is 35.6 Å². The van der Waals surface area contributed by atoms with Crippen molar-refractivity contribution >= 4 is 46.1 Å². The van der Waals surface area contributed by atoms with Crippen LogP contribution in [0.5, 0.6) is 0 Å². The van der Waals surface area contributed by atoms with Crippen LogP contribution in [0.25, 0.3) is 17.0 Å². The summed E-state index contributed by atoms with van der Waals surface area (Å²) in [5.74, 6) is 0.0899. The molecule has 0 spiro atoms. The molecule has 1 amide bonds. The Balaban J connectivity index is 1.77. The number of aromatic nitrogens is 1. The Morgan fingerprint density at radius 3 is 2.34 bits per heavy atom.